The Labute approximate surface area is 144 Å². The van der Waals surface area contributed by atoms with E-state index in [1.165, 1.54) is 6.07 Å². The largest absolute Gasteiger partial charge is 0.337 e. The maximum atomic E-state index is 13.9. The van der Waals surface area contributed by atoms with Crippen LogP contribution in [0.2, 0.25) is 0 Å². The average Bonchev–Trinajstić information content (AvgIpc) is 3.34. The molecule has 0 bridgehead atoms. The quantitative estimate of drug-likeness (QED) is 0.846. The van der Waals surface area contributed by atoms with Crippen LogP contribution in [0.3, 0.4) is 0 Å². The van der Waals surface area contributed by atoms with Gasteiger partial charge in [-0.2, -0.15) is 4.98 Å². The van der Waals surface area contributed by atoms with E-state index in [2.05, 4.69) is 10.1 Å². The van der Waals surface area contributed by atoms with Crippen LogP contribution in [-0.2, 0) is 4.79 Å². The Kier molecular flexibility index (Phi) is 4.23. The highest BCUT2D eigenvalue weighted by atomic mass is 19.1. The van der Waals surface area contributed by atoms with E-state index in [4.69, 9.17) is 4.52 Å². The van der Waals surface area contributed by atoms with Gasteiger partial charge < -0.3 is 9.42 Å². The zero-order chi connectivity index (χ0) is 17.4. The van der Waals surface area contributed by atoms with E-state index < -0.39 is 11.6 Å². The number of carbonyl (C=O) groups excluding carboxylic acids is 1. The van der Waals surface area contributed by atoms with Crippen molar-refractivity contribution >= 4 is 5.91 Å². The fourth-order valence-corrected chi connectivity index (χ4v) is 3.85. The first kappa shape index (κ1) is 16.2. The summed E-state index contributed by atoms with van der Waals surface area (Å²) in [5.74, 6) is -0.743. The lowest BCUT2D eigenvalue weighted by Crippen LogP contribution is -2.35. The highest BCUT2D eigenvalue weighted by Gasteiger charge is 2.37. The van der Waals surface area contributed by atoms with E-state index in [1.807, 2.05) is 4.90 Å². The molecule has 132 valence electrons. The number of carbonyl (C=O) groups is 1. The van der Waals surface area contributed by atoms with Gasteiger partial charge in [0, 0.05) is 18.5 Å². The van der Waals surface area contributed by atoms with Gasteiger partial charge in [-0.3, -0.25) is 4.79 Å². The van der Waals surface area contributed by atoms with Crippen molar-refractivity contribution < 1.29 is 18.1 Å². The number of hydrogen-bond acceptors (Lipinski definition) is 4. The highest BCUT2D eigenvalue weighted by molar-refractivity contribution is 5.79. The van der Waals surface area contributed by atoms with Gasteiger partial charge in [-0.15, -0.1) is 0 Å². The zero-order valence-corrected chi connectivity index (χ0v) is 13.8. The van der Waals surface area contributed by atoms with Gasteiger partial charge in [0.05, 0.1) is 5.56 Å². The molecule has 1 aromatic heterocycles. The average molecular weight is 347 g/mol. The zero-order valence-electron chi connectivity index (χ0n) is 13.8. The van der Waals surface area contributed by atoms with E-state index in [9.17, 15) is 13.6 Å². The van der Waals surface area contributed by atoms with Gasteiger partial charge in [0.15, 0.2) is 0 Å². The molecule has 1 aliphatic carbocycles. The third-order valence-electron chi connectivity index (χ3n) is 5.14. The number of likely N-dealkylation sites (tertiary alicyclic amines) is 1. The topological polar surface area (TPSA) is 59.2 Å². The maximum absolute atomic E-state index is 13.9. The minimum Gasteiger partial charge on any atom is -0.337 e. The molecule has 4 rings (SSSR count). The Morgan fingerprint density at radius 1 is 1.16 bits per heavy atom. The van der Waals surface area contributed by atoms with E-state index in [0.29, 0.717) is 12.4 Å². The van der Waals surface area contributed by atoms with Crippen molar-refractivity contribution in [3.05, 3.63) is 35.7 Å². The lowest BCUT2D eigenvalue weighted by atomic mass is 10.1. The molecule has 25 heavy (non-hydrogen) atoms. The Hall–Kier alpha value is -2.31. The molecule has 5 nitrogen and oxygen atoms in total. The van der Waals surface area contributed by atoms with Crippen molar-refractivity contribution in [1.82, 2.24) is 15.0 Å². The monoisotopic (exact) mass is 347 g/mol. The highest BCUT2D eigenvalue weighted by Crippen LogP contribution is 2.36. The molecule has 1 aromatic carbocycles. The first-order valence-electron chi connectivity index (χ1n) is 8.73. The van der Waals surface area contributed by atoms with Crippen LogP contribution in [0.25, 0.3) is 11.4 Å². The van der Waals surface area contributed by atoms with E-state index in [0.717, 1.165) is 50.7 Å². The van der Waals surface area contributed by atoms with Gasteiger partial charge >= 0.3 is 0 Å². The molecule has 2 aromatic rings. The first-order valence-corrected chi connectivity index (χ1v) is 8.73. The molecule has 2 fully saturated rings. The third-order valence-corrected chi connectivity index (χ3v) is 5.14. The summed E-state index contributed by atoms with van der Waals surface area (Å²) in [6.45, 7) is 0.683. The molecule has 0 N–H and O–H groups in total. The summed E-state index contributed by atoms with van der Waals surface area (Å²) in [6.07, 6.45) is 5.72. The maximum Gasteiger partial charge on any atom is 0.249 e. The van der Waals surface area contributed by atoms with E-state index in [1.54, 1.807) is 0 Å². The van der Waals surface area contributed by atoms with Crippen LogP contribution in [0.4, 0.5) is 8.78 Å². The Morgan fingerprint density at radius 2 is 1.96 bits per heavy atom. The molecule has 1 aliphatic heterocycles. The van der Waals surface area contributed by atoms with Crippen molar-refractivity contribution in [1.29, 1.82) is 0 Å². The molecular weight excluding hydrogens is 328 g/mol. The van der Waals surface area contributed by atoms with Crippen LogP contribution in [0, 0.1) is 17.6 Å². The van der Waals surface area contributed by atoms with Crippen LogP contribution < -0.4 is 0 Å². The molecule has 2 aliphatic rings. The van der Waals surface area contributed by atoms with Crippen molar-refractivity contribution in [3.63, 3.8) is 0 Å². The number of nitrogens with zero attached hydrogens (tertiary/aromatic N) is 3. The van der Waals surface area contributed by atoms with Gasteiger partial charge in [0.1, 0.15) is 17.7 Å². The normalized spacial score (nSPS) is 21.2. The first-order chi connectivity index (χ1) is 12.1. The van der Waals surface area contributed by atoms with Gasteiger partial charge in [0.25, 0.3) is 0 Å². The van der Waals surface area contributed by atoms with Crippen molar-refractivity contribution in [3.8, 4) is 11.4 Å². The number of hydrogen-bond donors (Lipinski definition) is 0. The summed E-state index contributed by atoms with van der Waals surface area (Å²) in [6, 6.07) is 2.98. The smallest absolute Gasteiger partial charge is 0.249 e. The molecule has 0 radical (unpaired) electrons. The fourth-order valence-electron chi connectivity index (χ4n) is 3.85. The molecule has 2 heterocycles. The second kappa shape index (κ2) is 6.54. The second-order valence-corrected chi connectivity index (χ2v) is 6.75. The molecule has 1 saturated carbocycles. The second-order valence-electron chi connectivity index (χ2n) is 6.75. The predicted molar refractivity (Wildman–Crippen MR) is 85.3 cm³/mol. The van der Waals surface area contributed by atoms with E-state index in [-0.39, 0.29) is 29.3 Å². The fraction of sp³-hybridized carbons (Fsp3) is 0.500. The van der Waals surface area contributed by atoms with E-state index >= 15 is 0 Å². The number of halogens is 2. The van der Waals surface area contributed by atoms with Crippen LogP contribution in [0.1, 0.15) is 50.5 Å². The number of amides is 1. The molecule has 1 atom stereocenters. The standard InChI is InChI=1S/C18H19F2N3O2/c19-12-7-8-13(14(20)10-12)16-21-17(25-22-16)15-6-3-9-23(15)18(24)11-4-1-2-5-11/h7-8,10-11,15H,1-6,9H2. The molecule has 1 unspecified atom stereocenters. The Balaban J connectivity index is 1.57. The number of rotatable bonds is 3. The third kappa shape index (κ3) is 3.03. The van der Waals surface area contributed by atoms with Crippen molar-refractivity contribution in [2.24, 2.45) is 5.92 Å². The number of benzene rings is 1. The van der Waals surface area contributed by atoms with Crippen LogP contribution >= 0.6 is 0 Å². The summed E-state index contributed by atoms with van der Waals surface area (Å²) >= 11 is 0. The van der Waals surface area contributed by atoms with Crippen molar-refractivity contribution in [2.75, 3.05) is 6.54 Å². The lowest BCUT2D eigenvalue weighted by molar-refractivity contribution is -0.136. The summed E-state index contributed by atoms with van der Waals surface area (Å²) in [4.78, 5) is 18.8. The van der Waals surface area contributed by atoms with Crippen LogP contribution in [0.5, 0.6) is 0 Å². The lowest BCUT2D eigenvalue weighted by Gasteiger charge is -2.24. The molecular formula is C18H19F2N3O2. The van der Waals surface area contributed by atoms with Gasteiger partial charge in [-0.05, 0) is 37.8 Å². The van der Waals surface area contributed by atoms with Crippen LogP contribution in [-0.4, -0.2) is 27.5 Å². The minimum absolute atomic E-state index is 0.0765. The molecule has 0 spiro atoms. The summed E-state index contributed by atoms with van der Waals surface area (Å²) < 4.78 is 32.3. The number of aromatic nitrogens is 2. The minimum atomic E-state index is -0.738. The van der Waals surface area contributed by atoms with Crippen LogP contribution in [0.15, 0.2) is 22.7 Å². The van der Waals surface area contributed by atoms with Gasteiger partial charge in [0.2, 0.25) is 17.6 Å². The SMILES string of the molecule is O=C(C1CCCC1)N1CCCC1c1nc(-c2ccc(F)cc2F)no1. The van der Waals surface area contributed by atoms with Gasteiger partial charge in [-0.1, -0.05) is 18.0 Å². The van der Waals surface area contributed by atoms with Crippen molar-refractivity contribution in [2.45, 2.75) is 44.6 Å². The summed E-state index contributed by atoms with van der Waals surface area (Å²) in [5.41, 5.74) is 0.0862. The predicted octanol–water partition coefficient (Wildman–Crippen LogP) is 3.87. The molecule has 7 heteroatoms. The summed E-state index contributed by atoms with van der Waals surface area (Å²) in [5, 5.41) is 3.83. The summed E-state index contributed by atoms with van der Waals surface area (Å²) in [7, 11) is 0. The Bertz CT molecular complexity index is 786. The molecule has 1 saturated heterocycles. The Morgan fingerprint density at radius 3 is 2.72 bits per heavy atom. The molecule has 1 amide bonds. The van der Waals surface area contributed by atoms with Gasteiger partial charge in [-0.25, -0.2) is 8.78 Å².